The molecule has 0 aliphatic rings. The third-order valence-electron chi connectivity index (χ3n) is 8.16. The Morgan fingerprint density at radius 2 is 1.04 bits per heavy atom. The highest BCUT2D eigenvalue weighted by Crippen LogP contribution is 2.43. The molecule has 306 valence electrons. The molecule has 0 aliphatic carbocycles. The number of aliphatic hydroxyl groups is 2. The lowest BCUT2D eigenvalue weighted by Crippen LogP contribution is -2.29. The van der Waals surface area contributed by atoms with Crippen LogP contribution in [0.3, 0.4) is 0 Å². The normalized spacial score (nSPS) is 14.6. The van der Waals surface area contributed by atoms with E-state index in [2.05, 4.69) is 79.1 Å². The van der Waals surface area contributed by atoms with E-state index in [1.807, 2.05) is 0 Å². The summed E-state index contributed by atoms with van der Waals surface area (Å²) in [5, 5.41) is 18.3. The summed E-state index contributed by atoms with van der Waals surface area (Å²) < 4.78 is 32.6. The van der Waals surface area contributed by atoms with Crippen LogP contribution in [0.2, 0.25) is 0 Å². The van der Waals surface area contributed by atoms with Crippen LogP contribution in [-0.4, -0.2) is 65.7 Å². The predicted octanol–water partition coefficient (Wildman–Crippen LogP) is 10.3. The summed E-state index contributed by atoms with van der Waals surface area (Å²) >= 11 is 0. The summed E-state index contributed by atoms with van der Waals surface area (Å²) in [6.45, 7) is 2.18. The maximum atomic E-state index is 12.6. The zero-order valence-electron chi connectivity index (χ0n) is 33.0. The molecular formula is C42H73O10P. The van der Waals surface area contributed by atoms with Gasteiger partial charge in [-0.1, -0.05) is 126 Å². The quantitative estimate of drug-likeness (QED) is 0.0241. The van der Waals surface area contributed by atoms with Crippen LogP contribution in [0.4, 0.5) is 0 Å². The van der Waals surface area contributed by atoms with Gasteiger partial charge in [0.25, 0.3) is 0 Å². The highest BCUT2D eigenvalue weighted by molar-refractivity contribution is 7.47. The molecule has 3 N–H and O–H groups in total. The molecule has 1 unspecified atom stereocenters. The highest BCUT2D eigenvalue weighted by Gasteiger charge is 2.27. The zero-order chi connectivity index (χ0) is 39.1. The maximum absolute atomic E-state index is 12.6. The number of carbonyl (C=O) groups excluding carboxylic acids is 2. The second kappa shape index (κ2) is 38.0. The van der Waals surface area contributed by atoms with Crippen molar-refractivity contribution in [2.75, 3.05) is 26.4 Å². The average Bonchev–Trinajstić information content (AvgIpc) is 3.14. The van der Waals surface area contributed by atoms with Crippen LogP contribution < -0.4 is 0 Å². The minimum Gasteiger partial charge on any atom is -0.462 e. The van der Waals surface area contributed by atoms with E-state index in [4.69, 9.17) is 19.1 Å². The average molecular weight is 769 g/mol. The molecule has 10 nitrogen and oxygen atoms in total. The van der Waals surface area contributed by atoms with E-state index < -0.39 is 51.8 Å². The summed E-state index contributed by atoms with van der Waals surface area (Å²) in [5.74, 6) is -0.966. The molecule has 0 amide bonds. The van der Waals surface area contributed by atoms with Crippen molar-refractivity contribution in [1.29, 1.82) is 0 Å². The van der Waals surface area contributed by atoms with Crippen molar-refractivity contribution in [1.82, 2.24) is 0 Å². The molecule has 53 heavy (non-hydrogen) atoms. The first-order valence-corrected chi connectivity index (χ1v) is 21.7. The molecule has 0 aromatic rings. The first-order chi connectivity index (χ1) is 25.7. The van der Waals surface area contributed by atoms with E-state index >= 15 is 0 Å². The van der Waals surface area contributed by atoms with Gasteiger partial charge in [0.1, 0.15) is 12.7 Å². The lowest BCUT2D eigenvalue weighted by atomic mass is 10.1. The Morgan fingerprint density at radius 3 is 1.57 bits per heavy atom. The van der Waals surface area contributed by atoms with E-state index in [0.29, 0.717) is 12.8 Å². The number of esters is 2. The van der Waals surface area contributed by atoms with Crippen molar-refractivity contribution in [3.63, 3.8) is 0 Å². The van der Waals surface area contributed by atoms with Gasteiger partial charge in [0.05, 0.1) is 19.8 Å². The Morgan fingerprint density at radius 1 is 0.585 bits per heavy atom. The van der Waals surface area contributed by atoms with Crippen LogP contribution in [0, 0.1) is 0 Å². The lowest BCUT2D eigenvalue weighted by Gasteiger charge is -2.20. The number of unbranched alkanes of at least 4 members (excludes halogenated alkanes) is 13. The number of phosphoric ester groups is 1. The first-order valence-electron chi connectivity index (χ1n) is 20.2. The van der Waals surface area contributed by atoms with Gasteiger partial charge in [-0.15, -0.1) is 0 Å². The van der Waals surface area contributed by atoms with Crippen LogP contribution in [0.1, 0.15) is 155 Å². The summed E-state index contributed by atoms with van der Waals surface area (Å²) in [5.41, 5.74) is 0. The molecule has 0 rings (SSSR count). The number of phosphoric acid groups is 1. The van der Waals surface area contributed by atoms with Gasteiger partial charge >= 0.3 is 19.8 Å². The fourth-order valence-electron chi connectivity index (χ4n) is 5.04. The van der Waals surface area contributed by atoms with Crippen molar-refractivity contribution in [2.45, 2.75) is 167 Å². The number of ether oxygens (including phenoxy) is 2. The summed E-state index contributed by atoms with van der Waals surface area (Å²) in [7, 11) is -4.62. The van der Waals surface area contributed by atoms with Crippen LogP contribution in [0.5, 0.6) is 0 Å². The Bertz CT molecular complexity index is 1070. The first kappa shape index (κ1) is 50.7. The van der Waals surface area contributed by atoms with Gasteiger partial charge < -0.3 is 24.6 Å². The monoisotopic (exact) mass is 768 g/mol. The molecule has 0 radical (unpaired) electrons. The Balaban J connectivity index is 4.40. The van der Waals surface area contributed by atoms with E-state index in [1.54, 1.807) is 0 Å². The zero-order valence-corrected chi connectivity index (χ0v) is 33.9. The molecule has 0 saturated heterocycles. The number of allylic oxidation sites excluding steroid dienone is 10. The molecule has 0 heterocycles. The van der Waals surface area contributed by atoms with Crippen molar-refractivity contribution in [3.8, 4) is 0 Å². The molecule has 3 atom stereocenters. The molecule has 0 fully saturated rings. The second-order valence-corrected chi connectivity index (χ2v) is 14.7. The maximum Gasteiger partial charge on any atom is 0.472 e. The summed E-state index contributed by atoms with van der Waals surface area (Å²) in [6.07, 6.45) is 40.4. The van der Waals surface area contributed by atoms with E-state index in [9.17, 15) is 24.2 Å². The fraction of sp³-hybridized carbons (Fsp3) is 0.714. The molecule has 11 heteroatoms. The second-order valence-electron chi connectivity index (χ2n) is 13.3. The van der Waals surface area contributed by atoms with Gasteiger partial charge in [-0.2, -0.15) is 0 Å². The minimum atomic E-state index is -4.62. The van der Waals surface area contributed by atoms with Crippen LogP contribution >= 0.6 is 7.82 Å². The van der Waals surface area contributed by atoms with E-state index in [-0.39, 0.29) is 19.4 Å². The number of hydrogen-bond acceptors (Lipinski definition) is 9. The molecule has 0 saturated carbocycles. The number of hydrogen-bond donors (Lipinski definition) is 3. The van der Waals surface area contributed by atoms with Crippen molar-refractivity contribution >= 4 is 19.8 Å². The van der Waals surface area contributed by atoms with Crippen molar-refractivity contribution in [2.24, 2.45) is 0 Å². The number of rotatable bonds is 37. The van der Waals surface area contributed by atoms with Gasteiger partial charge in [0.15, 0.2) is 6.10 Å². The van der Waals surface area contributed by atoms with Gasteiger partial charge in [-0.3, -0.25) is 18.6 Å². The SMILES string of the molecule is CCC=CCC=CCC=CCCCCCCCC(=O)O[C@H](COC(=O)CCCCCCCC=CCC=CCCCCC)COP(=O)(O)OC[C@@H](O)CO. The number of aliphatic hydroxyl groups excluding tert-OH is 2. The van der Waals surface area contributed by atoms with Crippen LogP contribution in [-0.2, 0) is 32.7 Å². The van der Waals surface area contributed by atoms with Gasteiger partial charge in [0, 0.05) is 12.8 Å². The Labute approximate surface area is 321 Å². The minimum absolute atomic E-state index is 0.159. The number of carbonyl (C=O) groups is 2. The topological polar surface area (TPSA) is 149 Å². The van der Waals surface area contributed by atoms with Crippen molar-refractivity contribution < 1.29 is 47.8 Å². The van der Waals surface area contributed by atoms with Crippen LogP contribution in [0.15, 0.2) is 60.8 Å². The van der Waals surface area contributed by atoms with Gasteiger partial charge in [0.2, 0.25) is 0 Å². The smallest absolute Gasteiger partial charge is 0.462 e. The highest BCUT2D eigenvalue weighted by atomic mass is 31.2. The third-order valence-corrected chi connectivity index (χ3v) is 9.11. The van der Waals surface area contributed by atoms with Crippen LogP contribution in [0.25, 0.3) is 0 Å². The van der Waals surface area contributed by atoms with Crippen molar-refractivity contribution in [3.05, 3.63) is 60.8 Å². The third kappa shape index (κ3) is 37.8. The Hall–Kier alpha value is -2.33. The Kier molecular flexibility index (Phi) is 36.3. The molecule has 0 spiro atoms. The van der Waals surface area contributed by atoms with Gasteiger partial charge in [-0.05, 0) is 77.0 Å². The molecule has 0 aromatic carbocycles. The fourth-order valence-corrected chi connectivity index (χ4v) is 5.83. The largest absolute Gasteiger partial charge is 0.472 e. The summed E-state index contributed by atoms with van der Waals surface area (Å²) in [4.78, 5) is 34.9. The van der Waals surface area contributed by atoms with E-state index in [1.165, 1.54) is 19.3 Å². The van der Waals surface area contributed by atoms with E-state index in [0.717, 1.165) is 96.3 Å². The predicted molar refractivity (Wildman–Crippen MR) is 214 cm³/mol. The van der Waals surface area contributed by atoms with Gasteiger partial charge in [-0.25, -0.2) is 4.57 Å². The summed E-state index contributed by atoms with van der Waals surface area (Å²) in [6, 6.07) is 0. The lowest BCUT2D eigenvalue weighted by molar-refractivity contribution is -0.161. The molecule has 0 bridgehead atoms. The standard InChI is InChI=1S/C42H73O10P/c1-3-5-7-9-11-13-15-17-19-21-23-25-27-29-31-33-41(45)49-37-40(38-51-53(47,48)50-36-39(44)35-43)52-42(46)34-32-30-28-26-24-22-20-18-16-14-12-10-8-6-4-2/h6,8,11-14,17-20,39-40,43-44H,3-5,7,9-10,15-16,21-38H2,1-2H3,(H,47,48)/t39-,40+/m0/s1. The molecule has 0 aliphatic heterocycles. The molecular weight excluding hydrogens is 695 g/mol. The molecule has 0 aromatic heterocycles.